The Labute approximate surface area is 155 Å². The van der Waals surface area contributed by atoms with Crippen molar-refractivity contribution in [3.63, 3.8) is 0 Å². The van der Waals surface area contributed by atoms with Crippen molar-refractivity contribution in [2.45, 2.75) is 27.3 Å². The van der Waals surface area contributed by atoms with Gasteiger partial charge in [-0.15, -0.1) is 0 Å². The number of carbonyl (C=O) groups excluding carboxylic acids is 1. The van der Waals surface area contributed by atoms with E-state index in [0.29, 0.717) is 34.0 Å². The van der Waals surface area contributed by atoms with E-state index in [1.807, 2.05) is 19.1 Å². The molecule has 2 aromatic rings. The Morgan fingerprint density at radius 3 is 2.77 bits per heavy atom. The lowest BCUT2D eigenvalue weighted by molar-refractivity contribution is 0.194. The standard InChI is InChI=1S/C17H22N4O4S/c1-10(2)9-25-14-6-11(3)4-5-13(14)20-15(22)21-16-18-7-12(26-16)8-19-17(23)24/h4-7,10,19H,8-9H2,1-3H3,(H,23,24)(H2,18,20,21,22). The van der Waals surface area contributed by atoms with E-state index in [4.69, 9.17) is 9.84 Å². The first-order valence-electron chi connectivity index (χ1n) is 8.06. The molecule has 0 aliphatic heterocycles. The number of hydrogen-bond donors (Lipinski definition) is 4. The van der Waals surface area contributed by atoms with Crippen molar-refractivity contribution in [3.8, 4) is 5.75 Å². The molecule has 140 valence electrons. The molecule has 4 N–H and O–H groups in total. The van der Waals surface area contributed by atoms with Gasteiger partial charge >= 0.3 is 12.1 Å². The summed E-state index contributed by atoms with van der Waals surface area (Å²) >= 11 is 1.19. The first kappa shape index (κ1) is 19.5. The van der Waals surface area contributed by atoms with Gasteiger partial charge < -0.3 is 20.5 Å². The van der Waals surface area contributed by atoms with Crippen molar-refractivity contribution in [2.75, 3.05) is 17.2 Å². The lowest BCUT2D eigenvalue weighted by Gasteiger charge is -2.14. The topological polar surface area (TPSA) is 113 Å². The number of benzene rings is 1. The number of aromatic nitrogens is 1. The minimum absolute atomic E-state index is 0.140. The number of nitrogens with one attached hydrogen (secondary N) is 3. The van der Waals surface area contributed by atoms with Crippen LogP contribution in [0, 0.1) is 12.8 Å². The molecule has 2 rings (SSSR count). The molecule has 0 aliphatic rings. The number of rotatable bonds is 7. The quantitative estimate of drug-likeness (QED) is 0.584. The number of carboxylic acid groups (broad SMARTS) is 1. The smallest absolute Gasteiger partial charge is 0.404 e. The normalized spacial score (nSPS) is 10.5. The average Bonchev–Trinajstić information content (AvgIpc) is 3.00. The van der Waals surface area contributed by atoms with E-state index in [-0.39, 0.29) is 6.54 Å². The monoisotopic (exact) mass is 378 g/mol. The molecular formula is C17H22N4O4S. The van der Waals surface area contributed by atoms with Crippen LogP contribution in [-0.4, -0.2) is 28.8 Å². The van der Waals surface area contributed by atoms with Crippen LogP contribution in [-0.2, 0) is 6.54 Å². The number of hydrogen-bond acceptors (Lipinski definition) is 5. The maximum Gasteiger partial charge on any atom is 0.404 e. The highest BCUT2D eigenvalue weighted by Crippen LogP contribution is 2.27. The zero-order chi connectivity index (χ0) is 19.1. The second-order valence-corrected chi connectivity index (χ2v) is 7.19. The van der Waals surface area contributed by atoms with Crippen molar-refractivity contribution in [3.05, 3.63) is 34.8 Å². The summed E-state index contributed by atoms with van der Waals surface area (Å²) < 4.78 is 5.77. The summed E-state index contributed by atoms with van der Waals surface area (Å²) in [6, 6.07) is 5.10. The van der Waals surface area contributed by atoms with E-state index >= 15 is 0 Å². The average molecular weight is 378 g/mol. The fraction of sp³-hybridized carbons (Fsp3) is 0.353. The Kier molecular flexibility index (Phi) is 6.79. The van der Waals surface area contributed by atoms with Gasteiger partial charge in [-0.3, -0.25) is 5.32 Å². The van der Waals surface area contributed by atoms with Crippen molar-refractivity contribution in [1.82, 2.24) is 10.3 Å². The third-order valence-corrected chi connectivity index (χ3v) is 4.06. The summed E-state index contributed by atoms with van der Waals surface area (Å²) in [6.07, 6.45) is 0.401. The van der Waals surface area contributed by atoms with Crippen molar-refractivity contribution in [2.24, 2.45) is 5.92 Å². The molecule has 0 radical (unpaired) electrons. The Bertz CT molecular complexity index is 776. The minimum atomic E-state index is -1.11. The number of anilines is 2. The molecular weight excluding hydrogens is 356 g/mol. The zero-order valence-electron chi connectivity index (χ0n) is 14.8. The van der Waals surface area contributed by atoms with Gasteiger partial charge in [0.25, 0.3) is 0 Å². The molecule has 0 saturated heterocycles. The number of carbonyl (C=O) groups is 2. The predicted molar refractivity (Wildman–Crippen MR) is 101 cm³/mol. The molecule has 0 atom stereocenters. The van der Waals surface area contributed by atoms with Gasteiger partial charge in [0.1, 0.15) is 5.75 Å². The predicted octanol–water partition coefficient (Wildman–Crippen LogP) is 3.90. The van der Waals surface area contributed by atoms with Crippen molar-refractivity contribution < 1.29 is 19.4 Å². The summed E-state index contributed by atoms with van der Waals surface area (Å²) in [7, 11) is 0. The maximum atomic E-state index is 12.2. The van der Waals surface area contributed by atoms with E-state index in [2.05, 4.69) is 34.8 Å². The lowest BCUT2D eigenvalue weighted by atomic mass is 10.2. The Morgan fingerprint density at radius 2 is 2.08 bits per heavy atom. The van der Waals surface area contributed by atoms with Crippen LogP contribution in [0.5, 0.6) is 5.75 Å². The largest absolute Gasteiger partial charge is 0.491 e. The van der Waals surface area contributed by atoms with Crippen LogP contribution in [0.25, 0.3) is 0 Å². The summed E-state index contributed by atoms with van der Waals surface area (Å²) in [4.78, 5) is 27.5. The molecule has 1 aromatic carbocycles. The molecule has 8 nitrogen and oxygen atoms in total. The van der Waals surface area contributed by atoms with Crippen LogP contribution >= 0.6 is 11.3 Å². The summed E-state index contributed by atoms with van der Waals surface area (Å²) in [6.45, 7) is 6.74. The fourth-order valence-electron chi connectivity index (χ4n) is 1.97. The maximum absolute atomic E-state index is 12.2. The van der Waals surface area contributed by atoms with E-state index in [1.54, 1.807) is 6.07 Å². The molecule has 0 bridgehead atoms. The van der Waals surface area contributed by atoms with Crippen LogP contribution in [0.1, 0.15) is 24.3 Å². The van der Waals surface area contributed by atoms with Gasteiger partial charge in [0, 0.05) is 11.1 Å². The first-order chi connectivity index (χ1) is 12.3. The van der Waals surface area contributed by atoms with Gasteiger partial charge in [-0.1, -0.05) is 31.3 Å². The van der Waals surface area contributed by atoms with Crippen LogP contribution < -0.4 is 20.7 Å². The Balaban J connectivity index is 1.98. The van der Waals surface area contributed by atoms with Gasteiger partial charge in [0.2, 0.25) is 0 Å². The molecule has 0 fully saturated rings. The van der Waals surface area contributed by atoms with Gasteiger partial charge in [-0.2, -0.15) is 0 Å². The van der Waals surface area contributed by atoms with Crippen LogP contribution in [0.4, 0.5) is 20.4 Å². The van der Waals surface area contributed by atoms with Gasteiger partial charge in [0.15, 0.2) is 5.13 Å². The molecule has 0 unspecified atom stereocenters. The highest BCUT2D eigenvalue weighted by atomic mass is 32.1. The van der Waals surface area contributed by atoms with Crippen LogP contribution in [0.3, 0.4) is 0 Å². The third kappa shape index (κ3) is 6.25. The Hall–Kier alpha value is -2.81. The fourth-order valence-corrected chi connectivity index (χ4v) is 2.72. The van der Waals surface area contributed by atoms with Crippen LogP contribution in [0.2, 0.25) is 0 Å². The molecule has 0 aliphatic carbocycles. The van der Waals surface area contributed by atoms with Gasteiger partial charge in [-0.05, 0) is 30.5 Å². The van der Waals surface area contributed by atoms with Crippen molar-refractivity contribution >= 4 is 34.3 Å². The number of thiazole rings is 1. The highest BCUT2D eigenvalue weighted by Gasteiger charge is 2.11. The number of nitrogens with zero attached hydrogens (tertiary/aromatic N) is 1. The molecule has 9 heteroatoms. The third-order valence-electron chi connectivity index (χ3n) is 3.15. The van der Waals surface area contributed by atoms with Crippen LogP contribution in [0.15, 0.2) is 24.4 Å². The molecule has 0 spiro atoms. The van der Waals surface area contributed by atoms with Gasteiger partial charge in [0.05, 0.1) is 18.8 Å². The van der Waals surface area contributed by atoms with Crippen molar-refractivity contribution in [1.29, 1.82) is 0 Å². The number of urea groups is 1. The molecule has 26 heavy (non-hydrogen) atoms. The lowest BCUT2D eigenvalue weighted by Crippen LogP contribution is -2.20. The van der Waals surface area contributed by atoms with Gasteiger partial charge in [-0.25, -0.2) is 14.6 Å². The number of amides is 3. The molecule has 3 amide bonds. The van der Waals surface area contributed by atoms with E-state index in [1.165, 1.54) is 17.5 Å². The summed E-state index contributed by atoms with van der Waals surface area (Å²) in [5.74, 6) is 0.977. The molecule has 0 saturated carbocycles. The van der Waals surface area contributed by atoms with E-state index in [0.717, 1.165) is 5.56 Å². The SMILES string of the molecule is Cc1ccc(NC(=O)Nc2ncc(CNC(=O)O)s2)c(OCC(C)C)c1. The second kappa shape index (κ2) is 9.04. The first-order valence-corrected chi connectivity index (χ1v) is 8.88. The second-order valence-electron chi connectivity index (χ2n) is 6.07. The Morgan fingerprint density at radius 1 is 1.31 bits per heavy atom. The molecule has 1 heterocycles. The summed E-state index contributed by atoms with van der Waals surface area (Å²) in [5, 5.41) is 16.6. The summed E-state index contributed by atoms with van der Waals surface area (Å²) in [5.41, 5.74) is 1.60. The number of ether oxygens (including phenoxy) is 1. The minimum Gasteiger partial charge on any atom is -0.491 e. The highest BCUT2D eigenvalue weighted by molar-refractivity contribution is 7.15. The number of aryl methyl sites for hydroxylation is 1. The molecule has 1 aromatic heterocycles. The van der Waals surface area contributed by atoms with E-state index < -0.39 is 12.1 Å². The zero-order valence-corrected chi connectivity index (χ0v) is 15.6. The van der Waals surface area contributed by atoms with E-state index in [9.17, 15) is 9.59 Å².